The highest BCUT2D eigenvalue weighted by Gasteiger charge is 2.34. The van der Waals surface area contributed by atoms with Crippen LogP contribution in [0.3, 0.4) is 0 Å². The van der Waals surface area contributed by atoms with Crippen molar-refractivity contribution in [1.29, 1.82) is 0 Å². The Balaban J connectivity index is 1.55. The van der Waals surface area contributed by atoms with E-state index in [9.17, 15) is 4.79 Å². The maximum absolute atomic E-state index is 13.8. The van der Waals surface area contributed by atoms with Crippen LogP contribution in [-0.4, -0.2) is 40.9 Å². The number of hydrogen-bond acceptors (Lipinski definition) is 6. The summed E-state index contributed by atoms with van der Waals surface area (Å²) >= 11 is 0. The van der Waals surface area contributed by atoms with Gasteiger partial charge in [0.2, 0.25) is 5.95 Å². The van der Waals surface area contributed by atoms with Crippen LogP contribution in [0, 0.1) is 6.92 Å². The predicted octanol–water partition coefficient (Wildman–Crippen LogP) is 6.04. The number of ether oxygens (including phenoxy) is 1. The van der Waals surface area contributed by atoms with Crippen molar-refractivity contribution in [2.75, 3.05) is 35.7 Å². The molecule has 1 unspecified atom stereocenters. The molecule has 1 aromatic heterocycles. The maximum Gasteiger partial charge on any atom is 0.255 e. The topological polar surface area (TPSA) is 84.3 Å². The Hall–Kier alpha value is -4.59. The Morgan fingerprint density at radius 1 is 1.03 bits per heavy atom. The molecule has 1 atom stereocenters. The molecule has 1 amide bonds. The lowest BCUT2D eigenvalue weighted by Crippen LogP contribution is -2.31. The number of benzene rings is 3. The third-order valence-corrected chi connectivity index (χ3v) is 7.06. The van der Waals surface area contributed by atoms with E-state index in [1.54, 1.807) is 7.11 Å². The lowest BCUT2D eigenvalue weighted by atomic mass is 9.94. The van der Waals surface area contributed by atoms with Gasteiger partial charge in [0.15, 0.2) is 5.82 Å². The number of anilines is 3. The molecule has 1 aliphatic rings. The van der Waals surface area contributed by atoms with Gasteiger partial charge in [-0.3, -0.25) is 4.79 Å². The summed E-state index contributed by atoms with van der Waals surface area (Å²) in [4.78, 5) is 21.0. The highest BCUT2D eigenvalue weighted by atomic mass is 16.5. The van der Waals surface area contributed by atoms with Gasteiger partial charge in [0.1, 0.15) is 11.8 Å². The summed E-state index contributed by atoms with van der Waals surface area (Å²) in [5, 5.41) is 11.3. The molecular formula is C31H34N6O2. The van der Waals surface area contributed by atoms with Crippen molar-refractivity contribution >= 4 is 23.2 Å². The summed E-state index contributed by atoms with van der Waals surface area (Å²) in [6.07, 6.45) is 0. The summed E-state index contributed by atoms with van der Waals surface area (Å²) in [6, 6.07) is 23.4. The standard InChI is InChI=1S/C31H34N6O2/c1-6-36(7-2)24-17-15-22(16-18-24)29-34-31-32-21(4)27(30(38)33-25-13-8-9-14-26(25)39-5)28(37(31)35-29)23-12-10-11-20(3)19-23/h8-19,28H,6-7H2,1-5H3,(H,33,38)(H,32,34,35). The first-order chi connectivity index (χ1) is 18.9. The van der Waals surface area contributed by atoms with Crippen molar-refractivity contribution in [3.05, 3.63) is 95.2 Å². The van der Waals surface area contributed by atoms with Gasteiger partial charge in [-0.15, -0.1) is 5.10 Å². The van der Waals surface area contributed by atoms with Crippen LogP contribution < -0.4 is 20.3 Å². The number of hydrogen-bond donors (Lipinski definition) is 2. The Morgan fingerprint density at radius 3 is 2.46 bits per heavy atom. The molecule has 39 heavy (non-hydrogen) atoms. The first-order valence-corrected chi connectivity index (χ1v) is 13.2. The van der Waals surface area contributed by atoms with Crippen LogP contribution in [-0.2, 0) is 4.79 Å². The van der Waals surface area contributed by atoms with Crippen LogP contribution >= 0.6 is 0 Å². The highest BCUT2D eigenvalue weighted by Crippen LogP contribution is 2.38. The molecule has 0 spiro atoms. The van der Waals surface area contributed by atoms with Crippen LogP contribution in [0.25, 0.3) is 11.4 Å². The summed E-state index contributed by atoms with van der Waals surface area (Å²) in [5.74, 6) is 1.55. The van der Waals surface area contributed by atoms with Gasteiger partial charge in [-0.1, -0.05) is 42.0 Å². The normalized spacial score (nSPS) is 14.4. The van der Waals surface area contributed by atoms with E-state index >= 15 is 0 Å². The second kappa shape index (κ2) is 11.0. The molecule has 0 bridgehead atoms. The van der Waals surface area contributed by atoms with E-state index in [-0.39, 0.29) is 5.91 Å². The predicted molar refractivity (Wildman–Crippen MR) is 156 cm³/mol. The molecule has 0 saturated carbocycles. The number of methoxy groups -OCH3 is 1. The summed E-state index contributed by atoms with van der Waals surface area (Å²) < 4.78 is 7.27. The second-order valence-corrected chi connectivity index (χ2v) is 9.56. The fourth-order valence-corrected chi connectivity index (χ4v) is 5.06. The van der Waals surface area contributed by atoms with E-state index in [1.807, 2.05) is 73.1 Å². The molecular weight excluding hydrogens is 488 g/mol. The maximum atomic E-state index is 13.8. The molecule has 5 rings (SSSR count). The van der Waals surface area contributed by atoms with E-state index in [0.29, 0.717) is 28.8 Å². The lowest BCUT2D eigenvalue weighted by molar-refractivity contribution is -0.113. The number of aryl methyl sites for hydroxylation is 1. The smallest absolute Gasteiger partial charge is 0.255 e. The Kier molecular flexibility index (Phi) is 7.36. The molecule has 8 heteroatoms. The molecule has 0 saturated heterocycles. The number of carbonyl (C=O) groups excluding carboxylic acids is 1. The zero-order valence-electron chi connectivity index (χ0n) is 23.0. The van der Waals surface area contributed by atoms with E-state index < -0.39 is 6.04 Å². The number of rotatable bonds is 8. The molecule has 200 valence electrons. The number of nitrogens with zero attached hydrogens (tertiary/aromatic N) is 4. The van der Waals surface area contributed by atoms with Gasteiger partial charge in [0.05, 0.1) is 18.4 Å². The van der Waals surface area contributed by atoms with E-state index in [4.69, 9.17) is 14.8 Å². The third-order valence-electron chi connectivity index (χ3n) is 7.06. The van der Waals surface area contributed by atoms with E-state index in [0.717, 1.165) is 41.2 Å². The molecule has 1 aliphatic heterocycles. The monoisotopic (exact) mass is 522 g/mol. The summed E-state index contributed by atoms with van der Waals surface area (Å²) in [6.45, 7) is 10.1. The number of para-hydroxylation sites is 2. The van der Waals surface area contributed by atoms with Crippen LogP contribution in [0.15, 0.2) is 84.1 Å². The van der Waals surface area contributed by atoms with Crippen molar-refractivity contribution in [1.82, 2.24) is 14.8 Å². The third kappa shape index (κ3) is 5.10. The van der Waals surface area contributed by atoms with Gasteiger partial charge < -0.3 is 20.3 Å². The number of carbonyl (C=O) groups is 1. The van der Waals surface area contributed by atoms with E-state index in [1.165, 1.54) is 0 Å². The Labute approximate surface area is 229 Å². The largest absolute Gasteiger partial charge is 0.495 e. The van der Waals surface area contributed by atoms with Crippen LogP contribution in [0.1, 0.15) is 37.9 Å². The number of amides is 1. The quantitative estimate of drug-likeness (QED) is 0.294. The molecule has 8 nitrogen and oxygen atoms in total. The Morgan fingerprint density at radius 2 is 1.77 bits per heavy atom. The SMILES string of the molecule is CCN(CC)c1ccc(-c2nc3n(n2)C(c2cccc(C)c2)C(C(=O)Nc2ccccc2OC)=C(C)N3)cc1. The van der Waals surface area contributed by atoms with Crippen molar-refractivity contribution in [3.8, 4) is 17.1 Å². The fourth-order valence-electron chi connectivity index (χ4n) is 5.06. The van der Waals surface area contributed by atoms with Gasteiger partial charge in [0.25, 0.3) is 5.91 Å². The van der Waals surface area contributed by atoms with Crippen molar-refractivity contribution in [3.63, 3.8) is 0 Å². The first-order valence-electron chi connectivity index (χ1n) is 13.2. The minimum Gasteiger partial charge on any atom is -0.495 e. The zero-order chi connectivity index (χ0) is 27.5. The fraction of sp³-hybridized carbons (Fsp3) is 0.258. The number of nitrogens with one attached hydrogen (secondary N) is 2. The van der Waals surface area contributed by atoms with Gasteiger partial charge in [-0.25, -0.2) is 4.68 Å². The zero-order valence-corrected chi connectivity index (χ0v) is 23.0. The summed E-state index contributed by atoms with van der Waals surface area (Å²) in [5.41, 5.74) is 6.01. The molecule has 0 fully saturated rings. The van der Waals surface area contributed by atoms with Crippen LogP contribution in [0.2, 0.25) is 0 Å². The Bertz CT molecular complexity index is 1520. The molecule has 0 radical (unpaired) electrons. The van der Waals surface area contributed by atoms with E-state index in [2.05, 4.69) is 47.6 Å². The molecule has 4 aromatic rings. The van der Waals surface area contributed by atoms with Crippen LogP contribution in [0.4, 0.5) is 17.3 Å². The van der Waals surface area contributed by atoms with Gasteiger partial charge in [-0.05, 0) is 69.7 Å². The average molecular weight is 523 g/mol. The average Bonchev–Trinajstić information content (AvgIpc) is 3.37. The molecule has 2 N–H and O–H groups in total. The minimum absolute atomic E-state index is 0.234. The van der Waals surface area contributed by atoms with Gasteiger partial charge >= 0.3 is 0 Å². The number of allylic oxidation sites excluding steroid dienone is 1. The van der Waals surface area contributed by atoms with Crippen LogP contribution in [0.5, 0.6) is 5.75 Å². The summed E-state index contributed by atoms with van der Waals surface area (Å²) in [7, 11) is 1.59. The first kappa shape index (κ1) is 26.0. The van der Waals surface area contributed by atoms with Gasteiger partial charge in [0, 0.05) is 30.0 Å². The lowest BCUT2D eigenvalue weighted by Gasteiger charge is -2.29. The number of fused-ring (bicyclic) bond motifs is 1. The molecule has 3 aromatic carbocycles. The molecule has 2 heterocycles. The molecule has 0 aliphatic carbocycles. The number of aromatic nitrogens is 3. The second-order valence-electron chi connectivity index (χ2n) is 9.56. The highest BCUT2D eigenvalue weighted by molar-refractivity contribution is 6.06. The van der Waals surface area contributed by atoms with Crippen molar-refractivity contribution in [2.45, 2.75) is 33.7 Å². The van der Waals surface area contributed by atoms with Crippen molar-refractivity contribution < 1.29 is 9.53 Å². The van der Waals surface area contributed by atoms with Gasteiger partial charge in [-0.2, -0.15) is 4.98 Å². The minimum atomic E-state index is -0.466. The van der Waals surface area contributed by atoms with Crippen molar-refractivity contribution in [2.24, 2.45) is 0 Å².